The number of hydrogen-bond donors (Lipinski definition) is 2. The van der Waals surface area contributed by atoms with E-state index in [0.717, 1.165) is 22.2 Å². The SMILES string of the molecule is CCOCc1c(C(=O)NNC(=O)c2cc(C)c(CC)s2)oc2ccccc12. The maximum absolute atomic E-state index is 12.6. The zero-order valence-corrected chi connectivity index (χ0v) is 16.4. The van der Waals surface area contributed by atoms with Gasteiger partial charge in [0.2, 0.25) is 0 Å². The van der Waals surface area contributed by atoms with Crippen molar-refractivity contribution in [2.45, 2.75) is 33.8 Å². The number of carbonyl (C=O) groups is 2. The van der Waals surface area contributed by atoms with Crippen LogP contribution in [0.1, 0.15) is 50.1 Å². The van der Waals surface area contributed by atoms with Crippen LogP contribution in [0, 0.1) is 6.92 Å². The number of para-hydroxylation sites is 1. The molecule has 3 rings (SSSR count). The molecule has 7 heteroatoms. The molecule has 0 spiro atoms. The maximum atomic E-state index is 12.6. The zero-order chi connectivity index (χ0) is 19.4. The molecular weight excluding hydrogens is 364 g/mol. The lowest BCUT2D eigenvalue weighted by molar-refractivity contribution is 0.0827. The van der Waals surface area contributed by atoms with Crippen molar-refractivity contribution in [2.24, 2.45) is 0 Å². The molecule has 0 saturated heterocycles. The van der Waals surface area contributed by atoms with Crippen LogP contribution in [0.15, 0.2) is 34.7 Å². The Morgan fingerprint density at radius 2 is 1.89 bits per heavy atom. The topological polar surface area (TPSA) is 80.6 Å². The van der Waals surface area contributed by atoms with Gasteiger partial charge in [0.15, 0.2) is 5.76 Å². The van der Waals surface area contributed by atoms with Crippen molar-refractivity contribution < 1.29 is 18.7 Å². The smallest absolute Gasteiger partial charge is 0.305 e. The van der Waals surface area contributed by atoms with Crippen LogP contribution in [0.5, 0.6) is 0 Å². The van der Waals surface area contributed by atoms with Gasteiger partial charge in [0.1, 0.15) is 5.58 Å². The normalized spacial score (nSPS) is 10.9. The van der Waals surface area contributed by atoms with Crippen LogP contribution in [-0.4, -0.2) is 18.4 Å². The van der Waals surface area contributed by atoms with E-state index >= 15 is 0 Å². The lowest BCUT2D eigenvalue weighted by Crippen LogP contribution is -2.41. The second-order valence-corrected chi connectivity index (χ2v) is 7.16. The number of carbonyl (C=O) groups excluding carboxylic acids is 2. The highest BCUT2D eigenvalue weighted by Crippen LogP contribution is 2.26. The third-order valence-corrected chi connectivity index (χ3v) is 5.59. The van der Waals surface area contributed by atoms with Crippen molar-refractivity contribution in [3.05, 3.63) is 57.0 Å². The highest BCUT2D eigenvalue weighted by molar-refractivity contribution is 7.14. The molecule has 27 heavy (non-hydrogen) atoms. The first-order chi connectivity index (χ1) is 13.0. The molecule has 0 bridgehead atoms. The molecule has 2 aromatic heterocycles. The first kappa shape index (κ1) is 19.1. The Morgan fingerprint density at radius 1 is 1.15 bits per heavy atom. The Kier molecular flexibility index (Phi) is 5.93. The van der Waals surface area contributed by atoms with Crippen LogP contribution in [0.25, 0.3) is 11.0 Å². The summed E-state index contributed by atoms with van der Waals surface area (Å²) in [6, 6.07) is 9.21. The quantitative estimate of drug-likeness (QED) is 0.628. The highest BCUT2D eigenvalue weighted by atomic mass is 32.1. The Labute approximate surface area is 161 Å². The van der Waals surface area contributed by atoms with Gasteiger partial charge in [0, 0.05) is 22.4 Å². The molecule has 6 nitrogen and oxygen atoms in total. The second kappa shape index (κ2) is 8.37. The van der Waals surface area contributed by atoms with Crippen molar-refractivity contribution in [1.82, 2.24) is 10.9 Å². The number of nitrogens with one attached hydrogen (secondary N) is 2. The number of benzene rings is 1. The van der Waals surface area contributed by atoms with E-state index in [-0.39, 0.29) is 18.3 Å². The van der Waals surface area contributed by atoms with Gasteiger partial charge in [0.25, 0.3) is 5.91 Å². The minimum atomic E-state index is -0.516. The fraction of sp³-hybridized carbons (Fsp3) is 0.300. The first-order valence-corrected chi connectivity index (χ1v) is 9.64. The molecule has 0 aliphatic heterocycles. The van der Waals surface area contributed by atoms with Gasteiger partial charge in [-0.25, -0.2) is 0 Å². The average Bonchev–Trinajstić information content (AvgIpc) is 3.24. The van der Waals surface area contributed by atoms with E-state index in [1.54, 1.807) is 6.07 Å². The molecule has 142 valence electrons. The third kappa shape index (κ3) is 4.04. The second-order valence-electron chi connectivity index (χ2n) is 6.02. The molecule has 0 atom stereocenters. The van der Waals surface area contributed by atoms with Crippen LogP contribution < -0.4 is 10.9 Å². The number of furan rings is 1. The summed E-state index contributed by atoms with van der Waals surface area (Å²) in [5, 5.41) is 0.823. The molecule has 0 aliphatic rings. The predicted molar refractivity (Wildman–Crippen MR) is 105 cm³/mol. The number of hydrogen-bond acceptors (Lipinski definition) is 5. The molecule has 0 saturated carbocycles. The average molecular weight is 386 g/mol. The third-order valence-electron chi connectivity index (χ3n) is 4.21. The Hall–Kier alpha value is -2.64. The van der Waals surface area contributed by atoms with Crippen molar-refractivity contribution in [1.29, 1.82) is 0 Å². The number of fused-ring (bicyclic) bond motifs is 1. The van der Waals surface area contributed by atoms with Crippen LogP contribution in [0.4, 0.5) is 0 Å². The van der Waals surface area contributed by atoms with Gasteiger partial charge in [-0.1, -0.05) is 25.1 Å². The Morgan fingerprint density at radius 3 is 2.59 bits per heavy atom. The Bertz CT molecular complexity index is 974. The maximum Gasteiger partial charge on any atom is 0.305 e. The summed E-state index contributed by atoms with van der Waals surface area (Å²) in [5.41, 5.74) is 7.25. The molecule has 2 N–H and O–H groups in total. The number of aryl methyl sites for hydroxylation is 2. The summed E-state index contributed by atoms with van der Waals surface area (Å²) >= 11 is 1.43. The number of ether oxygens (including phenoxy) is 1. The van der Waals surface area contributed by atoms with E-state index in [9.17, 15) is 9.59 Å². The summed E-state index contributed by atoms with van der Waals surface area (Å²) in [6.07, 6.45) is 0.871. The fourth-order valence-corrected chi connectivity index (χ4v) is 3.85. The van der Waals surface area contributed by atoms with Crippen LogP contribution >= 0.6 is 11.3 Å². The Balaban J connectivity index is 1.76. The van der Waals surface area contributed by atoms with Crippen molar-refractivity contribution in [3.8, 4) is 0 Å². The van der Waals surface area contributed by atoms with Crippen molar-refractivity contribution >= 4 is 34.1 Å². The van der Waals surface area contributed by atoms with E-state index < -0.39 is 5.91 Å². The molecule has 2 amide bonds. The lowest BCUT2D eigenvalue weighted by atomic mass is 10.1. The monoisotopic (exact) mass is 386 g/mol. The van der Waals surface area contributed by atoms with Crippen LogP contribution in [0.3, 0.4) is 0 Å². The van der Waals surface area contributed by atoms with E-state index in [2.05, 4.69) is 10.9 Å². The largest absolute Gasteiger partial charge is 0.450 e. The van der Waals surface area contributed by atoms with Crippen molar-refractivity contribution in [3.63, 3.8) is 0 Å². The molecule has 1 aromatic carbocycles. The molecule has 2 heterocycles. The summed E-state index contributed by atoms with van der Waals surface area (Å²) < 4.78 is 11.2. The molecule has 0 aliphatic carbocycles. The molecule has 0 radical (unpaired) electrons. The van der Waals surface area contributed by atoms with Crippen molar-refractivity contribution in [2.75, 3.05) is 6.61 Å². The van der Waals surface area contributed by atoms with Gasteiger partial charge in [-0.2, -0.15) is 0 Å². The van der Waals surface area contributed by atoms with Gasteiger partial charge in [-0.15, -0.1) is 11.3 Å². The summed E-state index contributed by atoms with van der Waals surface area (Å²) in [4.78, 5) is 26.6. The van der Waals surface area contributed by atoms with Gasteiger partial charge in [-0.3, -0.25) is 20.4 Å². The van der Waals surface area contributed by atoms with Gasteiger partial charge >= 0.3 is 5.91 Å². The predicted octanol–water partition coefficient (Wildman–Crippen LogP) is 3.98. The summed E-state index contributed by atoms with van der Waals surface area (Å²) in [7, 11) is 0. The van der Waals surface area contributed by atoms with E-state index in [4.69, 9.17) is 9.15 Å². The molecule has 0 unspecified atom stereocenters. The lowest BCUT2D eigenvalue weighted by Gasteiger charge is -2.06. The number of amides is 2. The first-order valence-electron chi connectivity index (χ1n) is 8.83. The number of hydrazine groups is 1. The van der Waals surface area contributed by atoms with E-state index in [1.807, 2.05) is 45.0 Å². The minimum Gasteiger partial charge on any atom is -0.450 e. The van der Waals surface area contributed by atoms with Crippen LogP contribution in [0.2, 0.25) is 0 Å². The van der Waals surface area contributed by atoms with E-state index in [1.165, 1.54) is 11.3 Å². The standard InChI is InChI=1S/C20H22N2O4S/c1-4-16-12(3)10-17(27-16)19(23)21-22-20(24)18-14(11-25-5-2)13-8-6-7-9-15(13)26-18/h6-10H,4-5,11H2,1-3H3,(H,21,23)(H,22,24). The number of thiophene rings is 1. The highest BCUT2D eigenvalue weighted by Gasteiger charge is 2.21. The zero-order valence-electron chi connectivity index (χ0n) is 15.5. The number of rotatable bonds is 6. The van der Waals surface area contributed by atoms with Crippen LogP contribution in [-0.2, 0) is 17.8 Å². The van der Waals surface area contributed by atoms with Gasteiger partial charge in [-0.05, 0) is 38.0 Å². The van der Waals surface area contributed by atoms with Gasteiger partial charge < -0.3 is 9.15 Å². The minimum absolute atomic E-state index is 0.140. The van der Waals surface area contributed by atoms with E-state index in [0.29, 0.717) is 22.6 Å². The summed E-state index contributed by atoms with van der Waals surface area (Å²) in [6.45, 7) is 6.68. The molecule has 0 fully saturated rings. The van der Waals surface area contributed by atoms with Gasteiger partial charge in [0.05, 0.1) is 11.5 Å². The molecular formula is C20H22N2O4S. The fourth-order valence-electron chi connectivity index (χ4n) is 2.84. The molecule has 3 aromatic rings. The summed E-state index contributed by atoms with van der Waals surface area (Å²) in [5.74, 6) is -0.724.